The van der Waals surface area contributed by atoms with Crippen LogP contribution in [0.25, 0.3) is 0 Å². The quantitative estimate of drug-likeness (QED) is 0.617. The molecule has 0 rings (SSSR count). The molecule has 0 aliphatic rings. The van der Waals surface area contributed by atoms with Crippen molar-refractivity contribution in [3.63, 3.8) is 0 Å². The summed E-state index contributed by atoms with van der Waals surface area (Å²) in [5, 5.41) is 0. The first kappa shape index (κ1) is 11.9. The lowest BCUT2D eigenvalue weighted by Gasteiger charge is -2.11. The predicted octanol–water partition coefficient (Wildman–Crippen LogP) is 0.995. The lowest BCUT2D eigenvalue weighted by atomic mass is 10.2. The second-order valence-electron chi connectivity index (χ2n) is 3.21. The van der Waals surface area contributed by atoms with E-state index in [0.717, 1.165) is 0 Å². The van der Waals surface area contributed by atoms with E-state index in [1.54, 1.807) is 20.8 Å². The third kappa shape index (κ3) is 4.50. The molecule has 0 aromatic rings. The molecule has 0 heterocycles. The van der Waals surface area contributed by atoms with Crippen LogP contribution in [0.5, 0.6) is 0 Å². The standard InChI is InChI=1S/C9H16O4/c1-6(2)8(10)13-5-7(3)9(11)12-4/h6-7H,5H2,1-4H3/t7-/m0/s1. The van der Waals surface area contributed by atoms with E-state index in [-0.39, 0.29) is 24.5 Å². The normalized spacial score (nSPS) is 12.4. The highest BCUT2D eigenvalue weighted by Crippen LogP contribution is 2.02. The lowest BCUT2D eigenvalue weighted by molar-refractivity contribution is -0.154. The molecular formula is C9H16O4. The lowest BCUT2D eigenvalue weighted by Crippen LogP contribution is -2.22. The number of carbonyl (C=O) groups excluding carboxylic acids is 2. The average molecular weight is 188 g/mol. The summed E-state index contributed by atoms with van der Waals surface area (Å²) in [4.78, 5) is 21.9. The van der Waals surface area contributed by atoms with Crippen LogP contribution >= 0.6 is 0 Å². The highest BCUT2D eigenvalue weighted by Gasteiger charge is 2.16. The van der Waals surface area contributed by atoms with Crippen LogP contribution in [0, 0.1) is 11.8 Å². The van der Waals surface area contributed by atoms with Crippen molar-refractivity contribution in [2.24, 2.45) is 11.8 Å². The summed E-state index contributed by atoms with van der Waals surface area (Å²) < 4.78 is 9.32. The monoisotopic (exact) mass is 188 g/mol. The van der Waals surface area contributed by atoms with Gasteiger partial charge in [-0.25, -0.2) is 0 Å². The Morgan fingerprint density at radius 2 is 1.69 bits per heavy atom. The maximum Gasteiger partial charge on any atom is 0.311 e. The van der Waals surface area contributed by atoms with E-state index in [9.17, 15) is 9.59 Å². The van der Waals surface area contributed by atoms with Crippen molar-refractivity contribution < 1.29 is 19.1 Å². The maximum absolute atomic E-state index is 11.0. The number of ether oxygens (including phenoxy) is 2. The van der Waals surface area contributed by atoms with Gasteiger partial charge in [-0.1, -0.05) is 13.8 Å². The van der Waals surface area contributed by atoms with Crippen LogP contribution in [0.1, 0.15) is 20.8 Å². The van der Waals surface area contributed by atoms with Crippen LogP contribution in [0.4, 0.5) is 0 Å². The summed E-state index contributed by atoms with van der Waals surface area (Å²) in [5.74, 6) is -1.22. The van der Waals surface area contributed by atoms with Gasteiger partial charge in [-0.2, -0.15) is 0 Å². The van der Waals surface area contributed by atoms with Gasteiger partial charge in [-0.05, 0) is 6.92 Å². The van der Waals surface area contributed by atoms with Gasteiger partial charge in [0.25, 0.3) is 0 Å². The zero-order valence-corrected chi connectivity index (χ0v) is 8.49. The molecule has 0 unspecified atom stereocenters. The van der Waals surface area contributed by atoms with Crippen LogP contribution < -0.4 is 0 Å². The van der Waals surface area contributed by atoms with Gasteiger partial charge in [0, 0.05) is 0 Å². The number of rotatable bonds is 4. The molecule has 0 saturated carbocycles. The summed E-state index contributed by atoms with van der Waals surface area (Å²) in [6, 6.07) is 0. The molecule has 0 amide bonds. The van der Waals surface area contributed by atoms with Gasteiger partial charge in [0.15, 0.2) is 0 Å². The summed E-state index contributed by atoms with van der Waals surface area (Å²) in [7, 11) is 1.31. The first-order valence-corrected chi connectivity index (χ1v) is 4.23. The molecule has 0 saturated heterocycles. The van der Waals surface area contributed by atoms with Gasteiger partial charge in [-0.3, -0.25) is 9.59 Å². The van der Waals surface area contributed by atoms with Crippen LogP contribution in [0.3, 0.4) is 0 Å². The van der Waals surface area contributed by atoms with Crippen molar-refractivity contribution >= 4 is 11.9 Å². The van der Waals surface area contributed by atoms with Crippen molar-refractivity contribution in [2.75, 3.05) is 13.7 Å². The molecule has 0 radical (unpaired) electrons. The van der Waals surface area contributed by atoms with E-state index in [2.05, 4.69) is 4.74 Å². The van der Waals surface area contributed by atoms with E-state index in [0.29, 0.717) is 0 Å². The summed E-state index contributed by atoms with van der Waals surface area (Å²) in [6.07, 6.45) is 0. The summed E-state index contributed by atoms with van der Waals surface area (Å²) in [5.41, 5.74) is 0. The average Bonchev–Trinajstić information content (AvgIpc) is 2.11. The molecule has 4 heteroatoms. The van der Waals surface area contributed by atoms with E-state index < -0.39 is 5.92 Å². The van der Waals surface area contributed by atoms with Crippen LogP contribution in [0.15, 0.2) is 0 Å². The molecule has 0 fully saturated rings. The fraction of sp³-hybridized carbons (Fsp3) is 0.778. The molecule has 0 aromatic carbocycles. The maximum atomic E-state index is 11.0. The molecule has 1 atom stereocenters. The summed E-state index contributed by atoms with van der Waals surface area (Å²) >= 11 is 0. The van der Waals surface area contributed by atoms with Gasteiger partial charge < -0.3 is 9.47 Å². The zero-order valence-electron chi connectivity index (χ0n) is 8.49. The number of carbonyl (C=O) groups is 2. The predicted molar refractivity (Wildman–Crippen MR) is 47.0 cm³/mol. The Hall–Kier alpha value is -1.06. The zero-order chi connectivity index (χ0) is 10.4. The van der Waals surface area contributed by atoms with E-state index in [4.69, 9.17) is 4.74 Å². The van der Waals surface area contributed by atoms with E-state index in [1.165, 1.54) is 7.11 Å². The fourth-order valence-electron chi connectivity index (χ4n) is 0.643. The SMILES string of the molecule is COC(=O)[C@@H](C)COC(=O)C(C)C. The topological polar surface area (TPSA) is 52.6 Å². The number of hydrogen-bond acceptors (Lipinski definition) is 4. The van der Waals surface area contributed by atoms with Gasteiger partial charge >= 0.3 is 11.9 Å². The van der Waals surface area contributed by atoms with Crippen LogP contribution in [0.2, 0.25) is 0 Å². The molecular weight excluding hydrogens is 172 g/mol. The minimum atomic E-state index is -0.396. The molecule has 0 N–H and O–H groups in total. The number of esters is 2. The number of hydrogen-bond donors (Lipinski definition) is 0. The first-order chi connectivity index (χ1) is 5.99. The molecule has 4 nitrogen and oxygen atoms in total. The smallest absolute Gasteiger partial charge is 0.311 e. The molecule has 0 aromatic heterocycles. The van der Waals surface area contributed by atoms with Gasteiger partial charge in [0.2, 0.25) is 0 Å². The molecule has 0 aliphatic carbocycles. The second kappa shape index (κ2) is 5.56. The molecule has 0 bridgehead atoms. The number of methoxy groups -OCH3 is 1. The largest absolute Gasteiger partial charge is 0.469 e. The van der Waals surface area contributed by atoms with Gasteiger partial charge in [0.1, 0.15) is 6.61 Å². The Kier molecular flexibility index (Phi) is 5.11. The second-order valence-corrected chi connectivity index (χ2v) is 3.21. The Labute approximate surface area is 78.2 Å². The Morgan fingerprint density at radius 1 is 1.15 bits per heavy atom. The van der Waals surface area contributed by atoms with E-state index >= 15 is 0 Å². The van der Waals surface area contributed by atoms with Gasteiger partial charge in [0.05, 0.1) is 18.9 Å². The van der Waals surface area contributed by atoms with Crippen LogP contribution in [-0.2, 0) is 19.1 Å². The van der Waals surface area contributed by atoms with Crippen molar-refractivity contribution in [3.8, 4) is 0 Å². The fourth-order valence-corrected chi connectivity index (χ4v) is 0.643. The first-order valence-electron chi connectivity index (χ1n) is 4.23. The minimum absolute atomic E-state index is 0.0870. The highest BCUT2D eigenvalue weighted by molar-refractivity contribution is 5.74. The van der Waals surface area contributed by atoms with Crippen molar-refractivity contribution in [1.82, 2.24) is 0 Å². The van der Waals surface area contributed by atoms with Crippen LogP contribution in [-0.4, -0.2) is 25.7 Å². The Balaban J connectivity index is 3.76. The van der Waals surface area contributed by atoms with Gasteiger partial charge in [-0.15, -0.1) is 0 Å². The Bertz CT molecular complexity index is 186. The molecule has 0 spiro atoms. The Morgan fingerprint density at radius 3 is 2.08 bits per heavy atom. The highest BCUT2D eigenvalue weighted by atomic mass is 16.5. The minimum Gasteiger partial charge on any atom is -0.469 e. The van der Waals surface area contributed by atoms with Crippen molar-refractivity contribution in [2.45, 2.75) is 20.8 Å². The third-order valence-electron chi connectivity index (χ3n) is 1.55. The molecule has 0 aliphatic heterocycles. The molecule has 13 heavy (non-hydrogen) atoms. The van der Waals surface area contributed by atoms with Crippen molar-refractivity contribution in [3.05, 3.63) is 0 Å². The third-order valence-corrected chi connectivity index (χ3v) is 1.55. The molecule has 76 valence electrons. The summed E-state index contributed by atoms with van der Waals surface area (Å²) in [6.45, 7) is 5.22. The van der Waals surface area contributed by atoms with Crippen molar-refractivity contribution in [1.29, 1.82) is 0 Å². The van der Waals surface area contributed by atoms with E-state index in [1.807, 2.05) is 0 Å².